The van der Waals surface area contributed by atoms with Gasteiger partial charge >= 0.3 is 0 Å². The van der Waals surface area contributed by atoms with Crippen molar-refractivity contribution in [2.45, 2.75) is 37.6 Å². The molecule has 2 nitrogen and oxygen atoms in total. The van der Waals surface area contributed by atoms with E-state index >= 15 is 0 Å². The Hall–Kier alpha value is -0.0800. The predicted octanol–water partition coefficient (Wildman–Crippen LogP) is 1.22. The molecular formula is C11H20N2. The van der Waals surface area contributed by atoms with Gasteiger partial charge in [-0.05, 0) is 38.0 Å². The molecule has 0 aromatic carbocycles. The second-order valence-corrected chi connectivity index (χ2v) is 5.11. The molecule has 1 aliphatic heterocycles. The number of rotatable bonds is 1. The zero-order valence-corrected chi connectivity index (χ0v) is 8.39. The van der Waals surface area contributed by atoms with Gasteiger partial charge in [-0.25, -0.2) is 0 Å². The summed E-state index contributed by atoms with van der Waals surface area (Å²) in [5.41, 5.74) is 0.673. The Morgan fingerprint density at radius 2 is 1.77 bits per heavy atom. The topological polar surface area (TPSA) is 15.3 Å². The molecule has 1 saturated heterocycles. The van der Waals surface area contributed by atoms with Crippen LogP contribution in [0.15, 0.2) is 0 Å². The number of hydrogen-bond donors (Lipinski definition) is 1. The summed E-state index contributed by atoms with van der Waals surface area (Å²) in [7, 11) is 0. The smallest absolute Gasteiger partial charge is 0.0213 e. The summed E-state index contributed by atoms with van der Waals surface area (Å²) in [6, 6.07) is 0. The molecule has 13 heavy (non-hydrogen) atoms. The Kier molecular flexibility index (Phi) is 1.88. The van der Waals surface area contributed by atoms with Crippen LogP contribution in [0.3, 0.4) is 0 Å². The van der Waals surface area contributed by atoms with E-state index in [1.54, 1.807) is 0 Å². The first-order chi connectivity index (χ1) is 6.39. The molecule has 3 fully saturated rings. The Morgan fingerprint density at radius 3 is 2.31 bits per heavy atom. The molecule has 0 radical (unpaired) electrons. The first-order valence-electron chi connectivity index (χ1n) is 5.85. The van der Waals surface area contributed by atoms with Crippen molar-refractivity contribution >= 4 is 0 Å². The third kappa shape index (κ3) is 1.23. The van der Waals surface area contributed by atoms with Gasteiger partial charge in [0.25, 0.3) is 0 Å². The molecule has 1 heterocycles. The minimum Gasteiger partial charge on any atom is -0.314 e. The largest absolute Gasteiger partial charge is 0.314 e. The average molecular weight is 180 g/mol. The van der Waals surface area contributed by atoms with Gasteiger partial charge in [0.05, 0.1) is 0 Å². The molecule has 0 unspecified atom stereocenters. The summed E-state index contributed by atoms with van der Waals surface area (Å²) in [5, 5.41) is 3.45. The molecule has 0 atom stereocenters. The van der Waals surface area contributed by atoms with Gasteiger partial charge < -0.3 is 5.32 Å². The van der Waals surface area contributed by atoms with E-state index in [0.717, 1.165) is 5.92 Å². The van der Waals surface area contributed by atoms with Crippen molar-refractivity contribution < 1.29 is 0 Å². The molecule has 2 bridgehead atoms. The standard InChI is InChI=1S/C11H20N2/c1-3-11(4-2-10(1)9-11)13-7-5-12-6-8-13/h10,12H,1-9H2. The zero-order valence-electron chi connectivity index (χ0n) is 8.39. The molecule has 74 valence electrons. The number of piperazine rings is 1. The van der Waals surface area contributed by atoms with E-state index in [-0.39, 0.29) is 0 Å². The summed E-state index contributed by atoms with van der Waals surface area (Å²) < 4.78 is 0. The Balaban J connectivity index is 1.75. The summed E-state index contributed by atoms with van der Waals surface area (Å²) in [6.07, 6.45) is 7.55. The van der Waals surface area contributed by atoms with Gasteiger partial charge in [-0.2, -0.15) is 0 Å². The molecule has 1 N–H and O–H groups in total. The van der Waals surface area contributed by atoms with Crippen LogP contribution >= 0.6 is 0 Å². The lowest BCUT2D eigenvalue weighted by Gasteiger charge is -2.42. The monoisotopic (exact) mass is 180 g/mol. The maximum Gasteiger partial charge on any atom is 0.0213 e. The van der Waals surface area contributed by atoms with Crippen LogP contribution in [0.5, 0.6) is 0 Å². The lowest BCUT2D eigenvalue weighted by Crippen LogP contribution is -2.54. The van der Waals surface area contributed by atoms with Crippen molar-refractivity contribution in [2.24, 2.45) is 5.92 Å². The quantitative estimate of drug-likeness (QED) is 0.653. The zero-order chi connectivity index (χ0) is 8.73. The van der Waals surface area contributed by atoms with Crippen LogP contribution in [-0.4, -0.2) is 36.6 Å². The van der Waals surface area contributed by atoms with Gasteiger partial charge in [-0.1, -0.05) is 0 Å². The molecule has 0 amide bonds. The Labute approximate surface area is 80.7 Å². The number of fused-ring (bicyclic) bond motifs is 2. The highest BCUT2D eigenvalue weighted by molar-refractivity contribution is 5.04. The molecule has 2 heteroatoms. The van der Waals surface area contributed by atoms with E-state index in [4.69, 9.17) is 0 Å². The van der Waals surface area contributed by atoms with E-state index in [1.165, 1.54) is 58.3 Å². The Morgan fingerprint density at radius 1 is 1.08 bits per heavy atom. The van der Waals surface area contributed by atoms with Gasteiger partial charge in [-0.3, -0.25) is 4.90 Å². The van der Waals surface area contributed by atoms with Gasteiger partial charge in [0.1, 0.15) is 0 Å². The molecule has 3 aliphatic rings. The minimum absolute atomic E-state index is 0.673. The van der Waals surface area contributed by atoms with Crippen LogP contribution in [0, 0.1) is 5.92 Å². The molecular weight excluding hydrogens is 160 g/mol. The van der Waals surface area contributed by atoms with E-state index in [2.05, 4.69) is 10.2 Å². The molecule has 0 aromatic rings. The number of nitrogens with zero attached hydrogens (tertiary/aromatic N) is 1. The van der Waals surface area contributed by atoms with Gasteiger partial charge in [-0.15, -0.1) is 0 Å². The van der Waals surface area contributed by atoms with Crippen LogP contribution in [0.2, 0.25) is 0 Å². The third-order valence-electron chi connectivity index (χ3n) is 4.49. The fourth-order valence-corrected chi connectivity index (χ4v) is 3.75. The highest BCUT2D eigenvalue weighted by Gasteiger charge is 2.48. The second-order valence-electron chi connectivity index (χ2n) is 5.11. The fraction of sp³-hybridized carbons (Fsp3) is 1.00. The third-order valence-corrected chi connectivity index (χ3v) is 4.49. The predicted molar refractivity (Wildman–Crippen MR) is 53.7 cm³/mol. The van der Waals surface area contributed by atoms with Crippen molar-refractivity contribution in [3.05, 3.63) is 0 Å². The van der Waals surface area contributed by atoms with Crippen LogP contribution in [0.4, 0.5) is 0 Å². The highest BCUT2D eigenvalue weighted by Crippen LogP contribution is 2.50. The molecule has 3 rings (SSSR count). The van der Waals surface area contributed by atoms with Crippen LogP contribution in [-0.2, 0) is 0 Å². The summed E-state index contributed by atoms with van der Waals surface area (Å²) in [4.78, 5) is 2.79. The molecule has 2 saturated carbocycles. The van der Waals surface area contributed by atoms with Crippen LogP contribution in [0.25, 0.3) is 0 Å². The van der Waals surface area contributed by atoms with Crippen molar-refractivity contribution in [1.29, 1.82) is 0 Å². The maximum atomic E-state index is 3.45. The average Bonchev–Trinajstić information content (AvgIpc) is 2.80. The fourth-order valence-electron chi connectivity index (χ4n) is 3.75. The summed E-state index contributed by atoms with van der Waals surface area (Å²) in [5.74, 6) is 1.09. The van der Waals surface area contributed by atoms with E-state index in [1.807, 2.05) is 0 Å². The second kappa shape index (κ2) is 2.96. The van der Waals surface area contributed by atoms with Gasteiger partial charge in [0.2, 0.25) is 0 Å². The lowest BCUT2D eigenvalue weighted by atomic mass is 9.91. The van der Waals surface area contributed by atoms with Crippen molar-refractivity contribution in [2.75, 3.05) is 26.2 Å². The molecule has 2 aliphatic carbocycles. The van der Waals surface area contributed by atoms with Crippen molar-refractivity contribution in [1.82, 2.24) is 10.2 Å². The first-order valence-corrected chi connectivity index (χ1v) is 5.85. The minimum atomic E-state index is 0.673. The SMILES string of the molecule is C1CN(C23CCC(CC2)C3)CCN1. The lowest BCUT2D eigenvalue weighted by molar-refractivity contribution is 0.0807. The van der Waals surface area contributed by atoms with Crippen molar-refractivity contribution in [3.63, 3.8) is 0 Å². The van der Waals surface area contributed by atoms with Gasteiger partial charge in [0, 0.05) is 31.7 Å². The van der Waals surface area contributed by atoms with E-state index in [0.29, 0.717) is 5.54 Å². The number of nitrogens with one attached hydrogen (secondary N) is 1. The summed E-state index contributed by atoms with van der Waals surface area (Å²) in [6.45, 7) is 5.03. The molecule has 0 spiro atoms. The van der Waals surface area contributed by atoms with Gasteiger partial charge in [0.15, 0.2) is 0 Å². The first kappa shape index (κ1) is 8.25. The normalized spacial score (nSPS) is 45.7. The van der Waals surface area contributed by atoms with Crippen LogP contribution < -0.4 is 5.32 Å². The number of hydrogen-bond acceptors (Lipinski definition) is 2. The van der Waals surface area contributed by atoms with E-state index in [9.17, 15) is 0 Å². The molecule has 0 aromatic heterocycles. The highest BCUT2D eigenvalue weighted by atomic mass is 15.2. The van der Waals surface area contributed by atoms with Crippen LogP contribution in [0.1, 0.15) is 32.1 Å². The summed E-state index contributed by atoms with van der Waals surface area (Å²) >= 11 is 0. The maximum absolute atomic E-state index is 3.45. The van der Waals surface area contributed by atoms with E-state index < -0.39 is 0 Å². The Bertz CT molecular complexity index is 188. The van der Waals surface area contributed by atoms with Crippen molar-refractivity contribution in [3.8, 4) is 0 Å².